The maximum absolute atomic E-state index is 14.8. The van der Waals surface area contributed by atoms with E-state index in [4.69, 9.17) is 9.47 Å². The fourth-order valence-electron chi connectivity index (χ4n) is 11.9. The van der Waals surface area contributed by atoms with Gasteiger partial charge >= 0.3 is 23.0 Å². The number of hydrogen-bond donors (Lipinski definition) is 0. The van der Waals surface area contributed by atoms with E-state index in [0.29, 0.717) is 64.2 Å². The third kappa shape index (κ3) is 13.3. The standard InChI is InChI=1S/C45H65N7O10/c1-32(36(57)62-15-14-61-13-12-46-28-53)10-11-42(6)18-35(49-31-56)21-45(9,24-42)27-52-38(59)50(25-43(7)19-33(47-29-54)16-40(2,3)22-43)37(58)51(39(52)60)26-44(8)20-34(48-30-55)17-41(4,5)23-44/h33-35H,1,10-27H2,2-9H3. The predicted octanol–water partition coefficient (Wildman–Crippen LogP) is 5.15. The highest BCUT2D eigenvalue weighted by molar-refractivity contribution is 5.87. The molecule has 1 aromatic heterocycles. The number of hydrogen-bond acceptors (Lipinski definition) is 14. The SMILES string of the molecule is C=C(CCC1(C)CC(N=C=O)CC(C)(Cn2c(=O)n(CC3(C)CC(N=C=O)CC(C)(C)C3)c(=O)n(CC3(C)CC(N=C=O)CC(C)(C)C3)c2=O)C1)C(=O)OCCOCCN=C=O. The molecule has 340 valence electrons. The summed E-state index contributed by atoms with van der Waals surface area (Å²) in [5, 5.41) is 0. The summed E-state index contributed by atoms with van der Waals surface area (Å²) in [6, 6.07) is -1.21. The van der Waals surface area contributed by atoms with Crippen LogP contribution < -0.4 is 17.1 Å². The van der Waals surface area contributed by atoms with E-state index in [2.05, 4.69) is 54.2 Å². The van der Waals surface area contributed by atoms with E-state index in [0.717, 1.165) is 13.7 Å². The maximum atomic E-state index is 14.8. The van der Waals surface area contributed by atoms with E-state index in [9.17, 15) is 38.4 Å². The van der Waals surface area contributed by atoms with Gasteiger partial charge in [0.25, 0.3) is 0 Å². The van der Waals surface area contributed by atoms with E-state index >= 15 is 0 Å². The molecule has 4 rings (SSSR count). The molecule has 0 aliphatic heterocycles. The van der Waals surface area contributed by atoms with Crippen LogP contribution in [0.25, 0.3) is 0 Å². The number of ether oxygens (including phenoxy) is 2. The van der Waals surface area contributed by atoms with Gasteiger partial charge in [0.05, 0.1) is 37.9 Å². The molecule has 62 heavy (non-hydrogen) atoms. The molecule has 0 aromatic carbocycles. The number of esters is 1. The summed E-state index contributed by atoms with van der Waals surface area (Å²) in [6.07, 6.45) is 11.9. The van der Waals surface area contributed by atoms with Crippen molar-refractivity contribution in [3.05, 3.63) is 43.6 Å². The average molecular weight is 864 g/mol. The first-order chi connectivity index (χ1) is 28.9. The summed E-state index contributed by atoms with van der Waals surface area (Å²) in [6.45, 7) is 20.4. The number of nitrogens with zero attached hydrogens (tertiary/aromatic N) is 7. The summed E-state index contributed by atoms with van der Waals surface area (Å²) >= 11 is 0. The molecule has 0 amide bonds. The van der Waals surface area contributed by atoms with Crippen molar-refractivity contribution in [3.8, 4) is 0 Å². The molecule has 17 nitrogen and oxygen atoms in total. The zero-order valence-electron chi connectivity index (χ0n) is 37.9. The van der Waals surface area contributed by atoms with Gasteiger partial charge in [-0.2, -0.15) is 0 Å². The van der Waals surface area contributed by atoms with Crippen LogP contribution in [-0.4, -0.2) is 88.5 Å². The summed E-state index contributed by atoms with van der Waals surface area (Å²) in [7, 11) is 0. The summed E-state index contributed by atoms with van der Waals surface area (Å²) in [4.78, 5) is 117. The number of isocyanates is 4. The predicted molar refractivity (Wildman–Crippen MR) is 230 cm³/mol. The molecule has 0 spiro atoms. The molecule has 7 atom stereocenters. The first kappa shape index (κ1) is 49.8. The van der Waals surface area contributed by atoms with E-state index in [1.165, 1.54) is 6.08 Å². The third-order valence-electron chi connectivity index (χ3n) is 13.1. The lowest BCUT2D eigenvalue weighted by molar-refractivity contribution is -0.140. The Balaban J connectivity index is 1.73. The van der Waals surface area contributed by atoms with Crippen LogP contribution >= 0.6 is 0 Å². The Morgan fingerprint density at radius 1 is 0.597 bits per heavy atom. The van der Waals surface area contributed by atoms with Crippen LogP contribution in [0, 0.1) is 32.5 Å². The van der Waals surface area contributed by atoms with Gasteiger partial charge in [0, 0.05) is 25.2 Å². The van der Waals surface area contributed by atoms with Crippen LogP contribution in [0.5, 0.6) is 0 Å². The quantitative estimate of drug-likeness (QED) is 0.0586. The van der Waals surface area contributed by atoms with Crippen molar-refractivity contribution < 1.29 is 33.4 Å². The Hall–Kier alpha value is -4.90. The zero-order valence-corrected chi connectivity index (χ0v) is 37.9. The zero-order chi connectivity index (χ0) is 46.1. The first-order valence-electron chi connectivity index (χ1n) is 21.5. The van der Waals surface area contributed by atoms with Gasteiger partial charge in [-0.25, -0.2) is 72.0 Å². The lowest BCUT2D eigenvalue weighted by Gasteiger charge is -2.47. The molecule has 3 aliphatic carbocycles. The lowest BCUT2D eigenvalue weighted by atomic mass is 9.60. The van der Waals surface area contributed by atoms with Gasteiger partial charge < -0.3 is 9.47 Å². The Morgan fingerprint density at radius 3 is 1.42 bits per heavy atom. The Kier molecular flexibility index (Phi) is 16.1. The molecule has 1 aromatic rings. The smallest absolute Gasteiger partial charge is 0.336 e. The topological polar surface area (TPSA) is 219 Å². The van der Waals surface area contributed by atoms with Crippen LogP contribution in [0.3, 0.4) is 0 Å². The molecule has 3 aliphatic rings. The minimum atomic E-state index is -0.796. The Labute approximate surface area is 362 Å². The monoisotopic (exact) mass is 863 g/mol. The van der Waals surface area contributed by atoms with Crippen LogP contribution in [0.4, 0.5) is 0 Å². The minimum Gasteiger partial charge on any atom is -0.460 e. The Bertz CT molecular complexity index is 2120. The molecule has 0 saturated heterocycles. The van der Waals surface area contributed by atoms with Crippen molar-refractivity contribution in [2.24, 2.45) is 52.5 Å². The van der Waals surface area contributed by atoms with Gasteiger partial charge in [0.15, 0.2) is 0 Å². The van der Waals surface area contributed by atoms with Gasteiger partial charge in [-0.15, -0.1) is 0 Å². The number of carbonyl (C=O) groups excluding carboxylic acids is 5. The highest BCUT2D eigenvalue weighted by atomic mass is 16.6. The van der Waals surface area contributed by atoms with Crippen LogP contribution in [0.1, 0.15) is 126 Å². The molecule has 3 fully saturated rings. The van der Waals surface area contributed by atoms with Crippen LogP contribution in [-0.2, 0) is 53.1 Å². The van der Waals surface area contributed by atoms with E-state index in [1.807, 2.05) is 27.7 Å². The third-order valence-corrected chi connectivity index (χ3v) is 13.1. The first-order valence-corrected chi connectivity index (χ1v) is 21.5. The van der Waals surface area contributed by atoms with Crippen molar-refractivity contribution >= 4 is 30.3 Å². The molecular weight excluding hydrogens is 799 g/mol. The van der Waals surface area contributed by atoms with Crippen LogP contribution in [0.15, 0.2) is 46.5 Å². The van der Waals surface area contributed by atoms with Crippen LogP contribution in [0.2, 0.25) is 0 Å². The Morgan fingerprint density at radius 2 is 1.00 bits per heavy atom. The van der Waals surface area contributed by atoms with Crippen molar-refractivity contribution in [1.82, 2.24) is 13.7 Å². The van der Waals surface area contributed by atoms with Crippen molar-refractivity contribution in [2.45, 2.75) is 164 Å². The molecule has 0 radical (unpaired) electrons. The number of aliphatic imine (C=N–C) groups is 4. The molecule has 0 N–H and O–H groups in total. The van der Waals surface area contributed by atoms with Gasteiger partial charge in [0.1, 0.15) is 6.61 Å². The van der Waals surface area contributed by atoms with E-state index in [1.54, 1.807) is 18.2 Å². The second-order valence-electron chi connectivity index (χ2n) is 21.4. The second-order valence-corrected chi connectivity index (χ2v) is 21.4. The molecule has 17 heteroatoms. The van der Waals surface area contributed by atoms with Gasteiger partial charge in [-0.1, -0.05) is 62.0 Å². The summed E-state index contributed by atoms with van der Waals surface area (Å²) < 4.78 is 14.1. The fraction of sp³-hybridized carbons (Fsp3) is 0.778. The highest BCUT2D eigenvalue weighted by Gasteiger charge is 2.47. The molecule has 0 bridgehead atoms. The number of carbonyl (C=O) groups is 1. The second kappa shape index (κ2) is 20.1. The normalized spacial score (nSPS) is 30.0. The van der Waals surface area contributed by atoms with Gasteiger partial charge in [0.2, 0.25) is 24.3 Å². The van der Waals surface area contributed by atoms with E-state index < -0.39 is 50.7 Å². The summed E-state index contributed by atoms with van der Waals surface area (Å²) in [5.41, 5.74) is -5.20. The highest BCUT2D eigenvalue weighted by Crippen LogP contribution is 2.51. The summed E-state index contributed by atoms with van der Waals surface area (Å²) in [5.74, 6) is -0.586. The van der Waals surface area contributed by atoms with Gasteiger partial charge in [-0.3, -0.25) is 0 Å². The lowest BCUT2D eigenvalue weighted by Crippen LogP contribution is -2.59. The molecular formula is C45H65N7O10. The van der Waals surface area contributed by atoms with Crippen molar-refractivity contribution in [1.29, 1.82) is 0 Å². The molecule has 7 unspecified atom stereocenters. The number of aromatic nitrogens is 3. The fourth-order valence-corrected chi connectivity index (χ4v) is 11.9. The maximum Gasteiger partial charge on any atom is 0.336 e. The van der Waals surface area contributed by atoms with Gasteiger partial charge in [-0.05, 0) is 103 Å². The largest absolute Gasteiger partial charge is 0.460 e. The van der Waals surface area contributed by atoms with Crippen molar-refractivity contribution in [3.63, 3.8) is 0 Å². The minimum absolute atomic E-state index is 0.0170. The van der Waals surface area contributed by atoms with Crippen molar-refractivity contribution in [2.75, 3.05) is 26.4 Å². The molecule has 3 saturated carbocycles. The molecule has 1 heterocycles. The average Bonchev–Trinajstić information content (AvgIpc) is 3.14. The van der Waals surface area contributed by atoms with E-state index in [-0.39, 0.29) is 80.9 Å². The number of rotatable bonds is 19.